The van der Waals surface area contributed by atoms with E-state index in [1.807, 2.05) is 24.3 Å². The van der Waals surface area contributed by atoms with Gasteiger partial charge < -0.3 is 11.1 Å². The highest BCUT2D eigenvalue weighted by Gasteiger charge is 2.02. The molecular formula is C10H11IN4OS. The van der Waals surface area contributed by atoms with Gasteiger partial charge in [0, 0.05) is 9.26 Å². The first kappa shape index (κ1) is 13.8. The monoisotopic (exact) mass is 362 g/mol. The minimum Gasteiger partial charge on any atom is -0.350 e. The van der Waals surface area contributed by atoms with Crippen molar-refractivity contribution in [2.24, 2.45) is 10.8 Å². The molecule has 0 heterocycles. The summed E-state index contributed by atoms with van der Waals surface area (Å²) in [5, 5.41) is 6.72. The molecule has 0 saturated heterocycles. The highest BCUT2D eigenvalue weighted by atomic mass is 127. The van der Waals surface area contributed by atoms with Crippen LogP contribution in [0.2, 0.25) is 0 Å². The molecule has 0 aliphatic heterocycles. The lowest BCUT2D eigenvalue weighted by molar-refractivity contribution is 0.249. The van der Waals surface area contributed by atoms with Crippen LogP contribution in [0.15, 0.2) is 29.4 Å². The SMILES string of the molecule is C/C(=N/NC(N)=O)C(=S)Nc1ccc(I)cc1. The van der Waals surface area contributed by atoms with E-state index in [1.54, 1.807) is 6.92 Å². The van der Waals surface area contributed by atoms with Crippen molar-refractivity contribution < 1.29 is 4.79 Å². The Morgan fingerprint density at radius 1 is 1.41 bits per heavy atom. The topological polar surface area (TPSA) is 79.5 Å². The minimum absolute atomic E-state index is 0.431. The first-order valence-corrected chi connectivity index (χ1v) is 6.14. The molecule has 1 aromatic rings. The van der Waals surface area contributed by atoms with Gasteiger partial charge >= 0.3 is 6.03 Å². The summed E-state index contributed by atoms with van der Waals surface area (Å²) in [6.45, 7) is 1.68. The number of hydrogen-bond acceptors (Lipinski definition) is 3. The molecule has 1 rings (SSSR count). The van der Waals surface area contributed by atoms with E-state index in [2.05, 4.69) is 38.4 Å². The number of rotatable bonds is 3. The van der Waals surface area contributed by atoms with Crippen molar-refractivity contribution in [3.63, 3.8) is 0 Å². The number of nitrogens with one attached hydrogen (secondary N) is 2. The first-order valence-electron chi connectivity index (χ1n) is 4.65. The number of hydrogen-bond donors (Lipinski definition) is 3. The summed E-state index contributed by atoms with van der Waals surface area (Å²) in [4.78, 5) is 10.9. The van der Waals surface area contributed by atoms with Gasteiger partial charge in [0.1, 0.15) is 4.99 Å². The second-order valence-corrected chi connectivity index (χ2v) is 4.79. The fourth-order valence-electron chi connectivity index (χ4n) is 0.944. The summed E-state index contributed by atoms with van der Waals surface area (Å²) in [5.41, 5.74) is 8.36. The molecule has 0 bridgehead atoms. The van der Waals surface area contributed by atoms with E-state index < -0.39 is 6.03 Å². The van der Waals surface area contributed by atoms with Crippen LogP contribution < -0.4 is 16.5 Å². The van der Waals surface area contributed by atoms with Crippen LogP contribution in [0.5, 0.6) is 0 Å². The first-order chi connectivity index (χ1) is 7.99. The molecule has 0 radical (unpaired) electrons. The molecule has 7 heteroatoms. The lowest BCUT2D eigenvalue weighted by Crippen LogP contribution is -2.28. The third kappa shape index (κ3) is 5.09. The zero-order valence-electron chi connectivity index (χ0n) is 9.03. The average Bonchev–Trinajstić information content (AvgIpc) is 2.28. The molecule has 0 aliphatic rings. The van der Waals surface area contributed by atoms with Crippen LogP contribution in [0.1, 0.15) is 6.92 Å². The maximum atomic E-state index is 10.5. The van der Waals surface area contributed by atoms with Crippen molar-refractivity contribution in [3.05, 3.63) is 27.8 Å². The molecule has 17 heavy (non-hydrogen) atoms. The van der Waals surface area contributed by atoms with E-state index in [4.69, 9.17) is 18.0 Å². The summed E-state index contributed by atoms with van der Waals surface area (Å²) in [7, 11) is 0. The smallest absolute Gasteiger partial charge is 0.332 e. The van der Waals surface area contributed by atoms with Gasteiger partial charge in [0.25, 0.3) is 0 Å². The number of amides is 2. The number of thiocarbonyl (C=S) groups is 1. The van der Waals surface area contributed by atoms with Gasteiger partial charge in [0.2, 0.25) is 0 Å². The van der Waals surface area contributed by atoms with Gasteiger partial charge in [-0.1, -0.05) is 12.2 Å². The fraction of sp³-hybridized carbons (Fsp3) is 0.100. The Balaban J connectivity index is 2.63. The van der Waals surface area contributed by atoms with Crippen LogP contribution in [0.4, 0.5) is 10.5 Å². The van der Waals surface area contributed by atoms with Crippen molar-refractivity contribution in [2.75, 3.05) is 5.32 Å². The molecule has 0 spiro atoms. The lowest BCUT2D eigenvalue weighted by Gasteiger charge is -2.07. The van der Waals surface area contributed by atoms with Crippen molar-refractivity contribution in [2.45, 2.75) is 6.92 Å². The van der Waals surface area contributed by atoms with Gasteiger partial charge in [-0.2, -0.15) is 5.10 Å². The van der Waals surface area contributed by atoms with Crippen LogP contribution >= 0.6 is 34.8 Å². The molecule has 0 atom stereocenters. The van der Waals surface area contributed by atoms with Crippen molar-refractivity contribution in [1.29, 1.82) is 0 Å². The van der Waals surface area contributed by atoms with Crippen molar-refractivity contribution in [1.82, 2.24) is 5.43 Å². The number of carbonyl (C=O) groups is 1. The van der Waals surface area contributed by atoms with E-state index in [0.29, 0.717) is 10.7 Å². The normalized spacial score (nSPS) is 10.8. The molecular weight excluding hydrogens is 351 g/mol. The summed E-state index contributed by atoms with van der Waals surface area (Å²) in [5.74, 6) is 0. The summed E-state index contributed by atoms with van der Waals surface area (Å²) >= 11 is 7.33. The van der Waals surface area contributed by atoms with Gasteiger partial charge in [-0.15, -0.1) is 0 Å². The third-order valence-electron chi connectivity index (χ3n) is 1.76. The van der Waals surface area contributed by atoms with Gasteiger partial charge in [-0.05, 0) is 53.8 Å². The summed E-state index contributed by atoms with van der Waals surface area (Å²) in [6, 6.07) is 7.01. The van der Waals surface area contributed by atoms with E-state index in [1.165, 1.54) is 0 Å². The molecule has 2 amide bonds. The second-order valence-electron chi connectivity index (χ2n) is 3.13. The molecule has 5 nitrogen and oxygen atoms in total. The third-order valence-corrected chi connectivity index (χ3v) is 2.88. The van der Waals surface area contributed by atoms with Crippen LogP contribution in [0.3, 0.4) is 0 Å². The van der Waals surface area contributed by atoms with Crippen LogP contribution in [-0.4, -0.2) is 16.7 Å². The molecule has 0 unspecified atom stereocenters. The standard InChI is InChI=1S/C10H11IN4OS/c1-6(14-15-10(12)16)9(17)13-8-4-2-7(11)3-5-8/h2-5H,1H3,(H,13,17)(H3,12,15,16)/b14-6-. The summed E-state index contributed by atoms with van der Waals surface area (Å²) < 4.78 is 1.14. The number of benzene rings is 1. The maximum absolute atomic E-state index is 10.5. The Bertz CT molecular complexity index is 458. The Labute approximate surface area is 118 Å². The number of hydrazone groups is 1. The van der Waals surface area contributed by atoms with Gasteiger partial charge in [0.15, 0.2) is 0 Å². The number of nitrogens with two attached hydrogens (primary N) is 1. The lowest BCUT2D eigenvalue weighted by atomic mass is 10.3. The minimum atomic E-state index is -0.721. The molecule has 90 valence electrons. The largest absolute Gasteiger partial charge is 0.350 e. The number of carbonyl (C=O) groups excluding carboxylic acids is 1. The van der Waals surface area contributed by atoms with Crippen LogP contribution in [0, 0.1) is 3.57 Å². The van der Waals surface area contributed by atoms with E-state index >= 15 is 0 Å². The van der Waals surface area contributed by atoms with Crippen LogP contribution in [0.25, 0.3) is 0 Å². The molecule has 1 aromatic carbocycles. The van der Waals surface area contributed by atoms with Crippen molar-refractivity contribution >= 4 is 57.2 Å². The quantitative estimate of drug-likeness (QED) is 0.333. The summed E-state index contributed by atoms with van der Waals surface area (Å²) in [6.07, 6.45) is 0. The number of primary amides is 1. The average molecular weight is 362 g/mol. The molecule has 0 aromatic heterocycles. The molecule has 0 fully saturated rings. The number of nitrogens with zero attached hydrogens (tertiary/aromatic N) is 1. The number of urea groups is 1. The predicted octanol–water partition coefficient (Wildman–Crippen LogP) is 2.07. The Morgan fingerprint density at radius 2 is 2.00 bits per heavy atom. The molecule has 0 aliphatic carbocycles. The zero-order chi connectivity index (χ0) is 12.8. The second kappa shape index (κ2) is 6.50. The van der Waals surface area contributed by atoms with Gasteiger partial charge in [-0.3, -0.25) is 0 Å². The van der Waals surface area contributed by atoms with E-state index in [-0.39, 0.29) is 0 Å². The Morgan fingerprint density at radius 3 is 2.53 bits per heavy atom. The highest BCUT2D eigenvalue weighted by Crippen LogP contribution is 2.11. The highest BCUT2D eigenvalue weighted by molar-refractivity contribution is 14.1. The zero-order valence-corrected chi connectivity index (χ0v) is 12.0. The molecule has 4 N–H and O–H groups in total. The van der Waals surface area contributed by atoms with Crippen LogP contribution in [-0.2, 0) is 0 Å². The maximum Gasteiger partial charge on any atom is 0.332 e. The predicted molar refractivity (Wildman–Crippen MR) is 81.2 cm³/mol. The van der Waals surface area contributed by atoms with E-state index in [9.17, 15) is 4.79 Å². The molecule has 0 saturated carbocycles. The fourth-order valence-corrected chi connectivity index (χ4v) is 1.47. The van der Waals surface area contributed by atoms with Crippen molar-refractivity contribution in [3.8, 4) is 0 Å². The number of halogens is 1. The van der Waals surface area contributed by atoms with E-state index in [0.717, 1.165) is 9.26 Å². The van der Waals surface area contributed by atoms with Gasteiger partial charge in [0.05, 0.1) is 5.71 Å². The number of anilines is 1. The Hall–Kier alpha value is -1.22. The Kier molecular flexibility index (Phi) is 5.29. The van der Waals surface area contributed by atoms with Gasteiger partial charge in [-0.25, -0.2) is 10.2 Å².